The molecule has 0 unspecified atom stereocenters. The van der Waals surface area contributed by atoms with Gasteiger partial charge in [-0.05, 0) is 38.1 Å². The molecule has 6 heteroatoms. The van der Waals surface area contributed by atoms with E-state index in [4.69, 9.17) is 15.2 Å². The number of hydrogen-bond acceptors (Lipinski definition) is 5. The van der Waals surface area contributed by atoms with Gasteiger partial charge >= 0.3 is 0 Å². The number of rotatable bonds is 4. The summed E-state index contributed by atoms with van der Waals surface area (Å²) in [5.41, 5.74) is 6.71. The number of hydrogen-bond donors (Lipinski definition) is 2. The van der Waals surface area contributed by atoms with Gasteiger partial charge in [0.05, 0.1) is 19.9 Å². The van der Waals surface area contributed by atoms with E-state index < -0.39 is 5.54 Å². The minimum Gasteiger partial charge on any atom is -0.497 e. The number of ether oxygens (including phenoxy) is 2. The average Bonchev–Trinajstić information content (AvgIpc) is 2.46. The SMILES string of the molecule is COc1ccc(OC)c(-c2cc(C(C)(C)N)c(=O)[nH]n2)c1. The Morgan fingerprint density at radius 1 is 1.19 bits per heavy atom. The minimum absolute atomic E-state index is 0.298. The van der Waals surface area contributed by atoms with Gasteiger partial charge in [0.25, 0.3) is 5.56 Å². The van der Waals surface area contributed by atoms with E-state index in [9.17, 15) is 4.79 Å². The number of H-pyrrole nitrogens is 1. The third-order valence-corrected chi connectivity index (χ3v) is 3.18. The predicted octanol–water partition coefficient (Wildman–Crippen LogP) is 1.65. The topological polar surface area (TPSA) is 90.2 Å². The number of benzene rings is 1. The summed E-state index contributed by atoms with van der Waals surface area (Å²) < 4.78 is 10.6. The summed E-state index contributed by atoms with van der Waals surface area (Å²) in [7, 11) is 3.16. The zero-order chi connectivity index (χ0) is 15.6. The van der Waals surface area contributed by atoms with Crippen molar-refractivity contribution in [2.24, 2.45) is 5.73 Å². The van der Waals surface area contributed by atoms with Gasteiger partial charge < -0.3 is 15.2 Å². The van der Waals surface area contributed by atoms with Crippen molar-refractivity contribution in [3.8, 4) is 22.8 Å². The molecule has 112 valence electrons. The summed E-state index contributed by atoms with van der Waals surface area (Å²) in [6, 6.07) is 7.05. The molecule has 0 aliphatic rings. The lowest BCUT2D eigenvalue weighted by Crippen LogP contribution is -2.35. The molecule has 1 heterocycles. The first-order chi connectivity index (χ1) is 9.86. The van der Waals surface area contributed by atoms with Gasteiger partial charge in [0.15, 0.2) is 0 Å². The van der Waals surface area contributed by atoms with Crippen LogP contribution in [0.4, 0.5) is 0 Å². The summed E-state index contributed by atoms with van der Waals surface area (Å²) in [5.74, 6) is 1.31. The Balaban J connectivity index is 2.64. The predicted molar refractivity (Wildman–Crippen MR) is 80.6 cm³/mol. The van der Waals surface area contributed by atoms with E-state index >= 15 is 0 Å². The fraction of sp³-hybridized carbons (Fsp3) is 0.333. The van der Waals surface area contributed by atoms with Crippen LogP contribution in [0.25, 0.3) is 11.3 Å². The third kappa shape index (κ3) is 3.05. The minimum atomic E-state index is -0.766. The van der Waals surface area contributed by atoms with Crippen LogP contribution in [0.5, 0.6) is 11.5 Å². The van der Waals surface area contributed by atoms with Crippen molar-refractivity contribution in [1.29, 1.82) is 0 Å². The molecule has 0 saturated carbocycles. The summed E-state index contributed by atoms with van der Waals surface area (Å²) in [4.78, 5) is 11.9. The Bertz CT molecular complexity index is 702. The molecule has 0 saturated heterocycles. The molecule has 6 nitrogen and oxygen atoms in total. The Hall–Kier alpha value is -2.34. The summed E-state index contributed by atoms with van der Waals surface area (Å²) >= 11 is 0. The van der Waals surface area contributed by atoms with Crippen molar-refractivity contribution in [2.75, 3.05) is 14.2 Å². The van der Waals surface area contributed by atoms with E-state index in [2.05, 4.69) is 10.2 Å². The van der Waals surface area contributed by atoms with Crippen molar-refractivity contribution in [2.45, 2.75) is 19.4 Å². The lowest BCUT2D eigenvalue weighted by atomic mass is 9.96. The van der Waals surface area contributed by atoms with Gasteiger partial charge in [0.1, 0.15) is 11.5 Å². The Kier molecular flexibility index (Phi) is 3.99. The highest BCUT2D eigenvalue weighted by atomic mass is 16.5. The molecule has 0 aliphatic heterocycles. The molecular weight excluding hydrogens is 270 g/mol. The summed E-state index contributed by atoms with van der Waals surface area (Å²) in [6.07, 6.45) is 0. The van der Waals surface area contributed by atoms with Crippen molar-refractivity contribution in [1.82, 2.24) is 10.2 Å². The molecule has 2 aromatic rings. The van der Waals surface area contributed by atoms with Gasteiger partial charge in [-0.1, -0.05) is 0 Å². The van der Waals surface area contributed by atoms with Gasteiger partial charge in [0.2, 0.25) is 0 Å². The second kappa shape index (κ2) is 5.57. The first-order valence-corrected chi connectivity index (χ1v) is 6.48. The number of nitrogens with one attached hydrogen (secondary N) is 1. The highest BCUT2D eigenvalue weighted by Gasteiger charge is 2.20. The van der Waals surface area contributed by atoms with E-state index in [1.54, 1.807) is 52.3 Å². The molecule has 0 spiro atoms. The Labute approximate surface area is 122 Å². The standard InChI is InChI=1S/C15H19N3O3/c1-15(2,16)11-8-12(17-18-14(11)19)10-7-9(20-3)5-6-13(10)21-4/h5-8H,16H2,1-4H3,(H,18,19). The van der Waals surface area contributed by atoms with Crippen LogP contribution in [-0.4, -0.2) is 24.4 Å². The van der Waals surface area contributed by atoms with E-state index in [-0.39, 0.29) is 5.56 Å². The van der Waals surface area contributed by atoms with Crippen LogP contribution >= 0.6 is 0 Å². The smallest absolute Gasteiger partial charge is 0.269 e. The van der Waals surface area contributed by atoms with Crippen molar-refractivity contribution in [3.63, 3.8) is 0 Å². The van der Waals surface area contributed by atoms with Gasteiger partial charge in [-0.15, -0.1) is 0 Å². The fourth-order valence-electron chi connectivity index (χ4n) is 2.04. The molecule has 0 bridgehead atoms. The molecular formula is C15H19N3O3. The van der Waals surface area contributed by atoms with E-state index in [1.807, 2.05) is 0 Å². The van der Waals surface area contributed by atoms with Crippen LogP contribution in [0.2, 0.25) is 0 Å². The number of aromatic amines is 1. The van der Waals surface area contributed by atoms with Gasteiger partial charge in [-0.25, -0.2) is 5.10 Å². The van der Waals surface area contributed by atoms with Crippen LogP contribution in [0.3, 0.4) is 0 Å². The molecule has 21 heavy (non-hydrogen) atoms. The molecule has 1 aromatic heterocycles. The Morgan fingerprint density at radius 2 is 1.90 bits per heavy atom. The van der Waals surface area contributed by atoms with Crippen molar-refractivity contribution in [3.05, 3.63) is 40.2 Å². The van der Waals surface area contributed by atoms with E-state index in [1.165, 1.54) is 0 Å². The van der Waals surface area contributed by atoms with Crippen LogP contribution in [0.1, 0.15) is 19.4 Å². The average molecular weight is 289 g/mol. The lowest BCUT2D eigenvalue weighted by Gasteiger charge is -2.18. The fourth-order valence-corrected chi connectivity index (χ4v) is 2.04. The van der Waals surface area contributed by atoms with Gasteiger partial charge in [0, 0.05) is 16.7 Å². The molecule has 0 radical (unpaired) electrons. The Morgan fingerprint density at radius 3 is 2.48 bits per heavy atom. The molecule has 1 aromatic carbocycles. The summed E-state index contributed by atoms with van der Waals surface area (Å²) in [5, 5.41) is 6.56. The molecule has 0 amide bonds. The van der Waals surface area contributed by atoms with E-state index in [0.29, 0.717) is 22.8 Å². The first-order valence-electron chi connectivity index (χ1n) is 6.48. The van der Waals surface area contributed by atoms with Crippen LogP contribution in [0.15, 0.2) is 29.1 Å². The zero-order valence-electron chi connectivity index (χ0n) is 12.6. The number of methoxy groups -OCH3 is 2. The van der Waals surface area contributed by atoms with Crippen LogP contribution in [-0.2, 0) is 5.54 Å². The van der Waals surface area contributed by atoms with Crippen molar-refractivity contribution >= 4 is 0 Å². The highest BCUT2D eigenvalue weighted by molar-refractivity contribution is 5.69. The molecule has 0 aliphatic carbocycles. The molecule has 3 N–H and O–H groups in total. The van der Waals surface area contributed by atoms with Crippen LogP contribution in [0, 0.1) is 0 Å². The zero-order valence-corrected chi connectivity index (χ0v) is 12.6. The second-order valence-electron chi connectivity index (χ2n) is 5.28. The number of nitrogens with zero attached hydrogens (tertiary/aromatic N) is 1. The maximum atomic E-state index is 11.9. The van der Waals surface area contributed by atoms with Crippen molar-refractivity contribution < 1.29 is 9.47 Å². The second-order valence-corrected chi connectivity index (χ2v) is 5.28. The normalized spacial score (nSPS) is 11.3. The number of nitrogens with two attached hydrogens (primary N) is 1. The highest BCUT2D eigenvalue weighted by Crippen LogP contribution is 2.32. The molecule has 0 fully saturated rings. The monoisotopic (exact) mass is 289 g/mol. The maximum absolute atomic E-state index is 11.9. The maximum Gasteiger partial charge on any atom is 0.269 e. The largest absolute Gasteiger partial charge is 0.497 e. The quantitative estimate of drug-likeness (QED) is 0.893. The van der Waals surface area contributed by atoms with Gasteiger partial charge in [-0.2, -0.15) is 5.10 Å². The lowest BCUT2D eigenvalue weighted by molar-refractivity contribution is 0.404. The third-order valence-electron chi connectivity index (χ3n) is 3.18. The summed E-state index contributed by atoms with van der Waals surface area (Å²) in [6.45, 7) is 3.54. The molecule has 2 rings (SSSR count). The first kappa shape index (κ1) is 15.1. The molecule has 0 atom stereocenters. The number of aromatic nitrogens is 2. The van der Waals surface area contributed by atoms with Gasteiger partial charge in [-0.3, -0.25) is 4.79 Å². The van der Waals surface area contributed by atoms with Crippen LogP contribution < -0.4 is 20.8 Å². The van der Waals surface area contributed by atoms with E-state index in [0.717, 1.165) is 5.56 Å².